The van der Waals surface area contributed by atoms with Crippen LogP contribution in [-0.2, 0) is 4.74 Å². The van der Waals surface area contributed by atoms with Crippen molar-refractivity contribution in [2.45, 2.75) is 51.7 Å². The minimum absolute atomic E-state index is 0.238. The molecule has 1 fully saturated rings. The Balaban J connectivity index is 0.00000106. The number of hydrogen-bond donors (Lipinski definition) is 0. The summed E-state index contributed by atoms with van der Waals surface area (Å²) in [6.07, 6.45) is -3.04. The minimum atomic E-state index is -4.69. The Morgan fingerprint density at radius 3 is 2.33 bits per heavy atom. The number of ether oxygens (including phenoxy) is 2. The summed E-state index contributed by atoms with van der Waals surface area (Å²) in [4.78, 5) is 0. The van der Waals surface area contributed by atoms with E-state index in [0.29, 0.717) is 6.42 Å². The highest BCUT2D eigenvalue weighted by Crippen LogP contribution is 2.32. The van der Waals surface area contributed by atoms with Crippen LogP contribution < -0.4 is 4.74 Å². The predicted octanol–water partition coefficient (Wildman–Crippen LogP) is 4.75. The lowest BCUT2D eigenvalue weighted by Crippen LogP contribution is -2.21. The summed E-state index contributed by atoms with van der Waals surface area (Å²) >= 11 is 0. The Morgan fingerprint density at radius 2 is 1.81 bits per heavy atom. The Labute approximate surface area is 122 Å². The molecule has 0 saturated carbocycles. The van der Waals surface area contributed by atoms with Gasteiger partial charge in [-0.05, 0) is 37.0 Å². The molecule has 1 aliphatic heterocycles. The molecular formula is C15H18F3NO2. The van der Waals surface area contributed by atoms with Gasteiger partial charge < -0.3 is 9.47 Å². The summed E-state index contributed by atoms with van der Waals surface area (Å²) in [5, 5.41) is 8.81. The topological polar surface area (TPSA) is 42.2 Å². The van der Waals surface area contributed by atoms with Gasteiger partial charge in [-0.2, -0.15) is 5.26 Å². The van der Waals surface area contributed by atoms with Gasteiger partial charge in [-0.15, -0.1) is 13.2 Å². The van der Waals surface area contributed by atoms with Crippen LogP contribution in [0.2, 0.25) is 0 Å². The summed E-state index contributed by atoms with van der Waals surface area (Å²) in [6.45, 7) is 4.00. The molecule has 0 radical (unpaired) electrons. The van der Waals surface area contributed by atoms with Crippen LogP contribution >= 0.6 is 0 Å². The molecule has 1 heterocycles. The third kappa shape index (κ3) is 5.64. The lowest BCUT2D eigenvalue weighted by Gasteiger charge is -2.26. The summed E-state index contributed by atoms with van der Waals surface area (Å²) in [7, 11) is 0. The fourth-order valence-electron chi connectivity index (χ4n) is 2.05. The molecule has 2 unspecified atom stereocenters. The van der Waals surface area contributed by atoms with Crippen molar-refractivity contribution in [3.8, 4) is 11.8 Å². The molecule has 3 nitrogen and oxygen atoms in total. The second kappa shape index (κ2) is 7.89. The molecule has 1 aliphatic rings. The molecule has 0 bridgehead atoms. The van der Waals surface area contributed by atoms with E-state index in [9.17, 15) is 13.2 Å². The first kappa shape index (κ1) is 17.3. The summed E-state index contributed by atoms with van der Waals surface area (Å²) in [5.74, 6) is -0.260. The van der Waals surface area contributed by atoms with Crippen LogP contribution in [-0.4, -0.2) is 12.5 Å². The number of nitrogens with zero attached hydrogens (tertiary/aromatic N) is 1. The van der Waals surface area contributed by atoms with Crippen LogP contribution in [0, 0.1) is 11.3 Å². The van der Waals surface area contributed by atoms with E-state index in [1.165, 1.54) is 24.3 Å². The smallest absolute Gasteiger partial charge is 0.406 e. The molecule has 116 valence electrons. The molecule has 1 aromatic carbocycles. The number of benzene rings is 1. The number of hydrogen-bond acceptors (Lipinski definition) is 3. The second-order valence-electron chi connectivity index (χ2n) is 4.29. The van der Waals surface area contributed by atoms with Gasteiger partial charge in [-0.25, -0.2) is 0 Å². The maximum absolute atomic E-state index is 12.0. The fraction of sp³-hybridized carbons (Fsp3) is 0.533. The molecule has 2 atom stereocenters. The molecule has 2 rings (SSSR count). The van der Waals surface area contributed by atoms with Crippen LogP contribution in [0.3, 0.4) is 0 Å². The number of alkyl halides is 3. The lowest BCUT2D eigenvalue weighted by atomic mass is 9.99. The lowest BCUT2D eigenvalue weighted by molar-refractivity contribution is -0.274. The third-order valence-corrected chi connectivity index (χ3v) is 2.89. The van der Waals surface area contributed by atoms with Crippen LogP contribution in [0.4, 0.5) is 13.2 Å². The van der Waals surface area contributed by atoms with Gasteiger partial charge in [0, 0.05) is 0 Å². The van der Waals surface area contributed by atoms with Crippen molar-refractivity contribution in [2.24, 2.45) is 0 Å². The van der Waals surface area contributed by atoms with Crippen molar-refractivity contribution < 1.29 is 22.6 Å². The van der Waals surface area contributed by atoms with Crippen molar-refractivity contribution in [3.05, 3.63) is 29.8 Å². The SMILES string of the molecule is CC.N#CC1CCCC(c2ccc(OC(F)(F)F)cc2)O1. The molecule has 0 aliphatic carbocycles. The van der Waals surface area contributed by atoms with Crippen molar-refractivity contribution in [3.63, 3.8) is 0 Å². The molecule has 0 aromatic heterocycles. The van der Waals surface area contributed by atoms with Gasteiger partial charge in [0.1, 0.15) is 11.9 Å². The van der Waals surface area contributed by atoms with Crippen molar-refractivity contribution >= 4 is 0 Å². The van der Waals surface area contributed by atoms with Crippen molar-refractivity contribution in [2.75, 3.05) is 0 Å². The van der Waals surface area contributed by atoms with Gasteiger partial charge >= 0.3 is 6.36 Å². The van der Waals surface area contributed by atoms with E-state index in [1.54, 1.807) is 0 Å². The summed E-state index contributed by atoms with van der Waals surface area (Å²) < 4.78 is 45.4. The van der Waals surface area contributed by atoms with Gasteiger partial charge in [-0.3, -0.25) is 0 Å². The normalized spacial score (nSPS) is 21.7. The average molecular weight is 301 g/mol. The third-order valence-electron chi connectivity index (χ3n) is 2.89. The van der Waals surface area contributed by atoms with Gasteiger partial charge in [0.05, 0.1) is 12.2 Å². The minimum Gasteiger partial charge on any atom is -0.406 e. The van der Waals surface area contributed by atoms with Gasteiger partial charge in [0.15, 0.2) is 0 Å². The van der Waals surface area contributed by atoms with E-state index in [0.717, 1.165) is 18.4 Å². The van der Waals surface area contributed by atoms with E-state index in [1.807, 2.05) is 13.8 Å². The number of rotatable bonds is 2. The zero-order chi connectivity index (χ0) is 15.9. The largest absolute Gasteiger partial charge is 0.573 e. The van der Waals surface area contributed by atoms with Gasteiger partial charge in [0.25, 0.3) is 0 Å². The molecule has 0 N–H and O–H groups in total. The molecule has 21 heavy (non-hydrogen) atoms. The molecule has 1 saturated heterocycles. The highest BCUT2D eigenvalue weighted by atomic mass is 19.4. The Hall–Kier alpha value is -1.74. The highest BCUT2D eigenvalue weighted by molar-refractivity contribution is 5.29. The summed E-state index contributed by atoms with van der Waals surface area (Å²) in [6, 6.07) is 7.62. The van der Waals surface area contributed by atoms with Crippen LogP contribution in [0.15, 0.2) is 24.3 Å². The maximum atomic E-state index is 12.0. The van der Waals surface area contributed by atoms with E-state index in [-0.39, 0.29) is 11.9 Å². The van der Waals surface area contributed by atoms with E-state index in [4.69, 9.17) is 10.00 Å². The molecule has 0 spiro atoms. The Kier molecular flexibility index (Phi) is 6.50. The molecular weight excluding hydrogens is 283 g/mol. The number of nitriles is 1. The average Bonchev–Trinajstić information content (AvgIpc) is 2.48. The quantitative estimate of drug-likeness (QED) is 0.792. The van der Waals surface area contributed by atoms with E-state index >= 15 is 0 Å². The maximum Gasteiger partial charge on any atom is 0.573 e. The van der Waals surface area contributed by atoms with Gasteiger partial charge in [-0.1, -0.05) is 26.0 Å². The second-order valence-corrected chi connectivity index (χ2v) is 4.29. The predicted molar refractivity (Wildman–Crippen MR) is 71.6 cm³/mol. The van der Waals surface area contributed by atoms with E-state index < -0.39 is 12.5 Å². The summed E-state index contributed by atoms with van der Waals surface area (Å²) in [5.41, 5.74) is 0.759. The van der Waals surface area contributed by atoms with Crippen molar-refractivity contribution in [1.29, 1.82) is 5.26 Å². The fourth-order valence-corrected chi connectivity index (χ4v) is 2.05. The van der Waals surface area contributed by atoms with Crippen LogP contribution in [0.5, 0.6) is 5.75 Å². The zero-order valence-electron chi connectivity index (χ0n) is 12.0. The first-order valence-electron chi connectivity index (χ1n) is 6.89. The van der Waals surface area contributed by atoms with E-state index in [2.05, 4.69) is 10.8 Å². The zero-order valence-corrected chi connectivity index (χ0v) is 12.0. The van der Waals surface area contributed by atoms with Crippen LogP contribution in [0.1, 0.15) is 44.8 Å². The van der Waals surface area contributed by atoms with Crippen molar-refractivity contribution in [1.82, 2.24) is 0 Å². The molecule has 0 amide bonds. The standard InChI is InChI=1S/C13H12F3NO2.C2H6/c14-13(15,16)19-10-6-4-9(5-7-10)12-3-1-2-11(8-17)18-12;1-2/h4-7,11-12H,1-3H2;1-2H3. The Bertz CT molecular complexity index is 465. The number of halogens is 3. The monoisotopic (exact) mass is 301 g/mol. The highest BCUT2D eigenvalue weighted by Gasteiger charge is 2.31. The first-order valence-corrected chi connectivity index (χ1v) is 6.89. The molecule has 6 heteroatoms. The Morgan fingerprint density at radius 1 is 1.19 bits per heavy atom. The first-order chi connectivity index (χ1) is 9.98. The van der Waals surface area contributed by atoms with Crippen LogP contribution in [0.25, 0.3) is 0 Å². The van der Waals surface area contributed by atoms with Gasteiger partial charge in [0.2, 0.25) is 0 Å². The molecule has 1 aromatic rings.